The van der Waals surface area contributed by atoms with Crippen LogP contribution in [-0.4, -0.2) is 42.0 Å². The number of aromatic nitrogens is 2. The third-order valence-electron chi connectivity index (χ3n) is 5.19. The number of anilines is 2. The molecule has 0 fully saturated rings. The minimum Gasteiger partial charge on any atom is -0.469 e. The van der Waals surface area contributed by atoms with Crippen LogP contribution in [0.3, 0.4) is 0 Å². The number of carbonyl (C=O) groups is 2. The fourth-order valence-corrected chi connectivity index (χ4v) is 3.40. The van der Waals surface area contributed by atoms with Crippen LogP contribution in [0.5, 0.6) is 0 Å². The van der Waals surface area contributed by atoms with E-state index in [4.69, 9.17) is 5.73 Å². The number of unbranched alkanes of at least 4 members (excludes halogenated alkanes) is 2. The SMILES string of the molecule is CCCCCNc1nc(N)nc(C)c1CCCNC(=O)Cc1ccc(CC(=O)OC)cc1. The second-order valence-electron chi connectivity index (χ2n) is 7.83. The molecule has 4 N–H and O–H groups in total. The van der Waals surface area contributed by atoms with Crippen LogP contribution in [0.1, 0.15) is 55.0 Å². The Balaban J connectivity index is 1.80. The lowest BCUT2D eigenvalue weighted by atomic mass is 10.1. The summed E-state index contributed by atoms with van der Waals surface area (Å²) in [7, 11) is 1.37. The summed E-state index contributed by atoms with van der Waals surface area (Å²) in [4.78, 5) is 32.3. The van der Waals surface area contributed by atoms with E-state index in [2.05, 4.69) is 32.3 Å². The van der Waals surface area contributed by atoms with E-state index < -0.39 is 0 Å². The third-order valence-corrected chi connectivity index (χ3v) is 5.19. The standard InChI is InChI=1S/C24H35N5O3/c1-4-5-6-13-27-23-20(17(2)28-24(25)29-23)8-7-14-26-21(30)15-18-9-11-19(12-10-18)16-22(31)32-3/h9-12H,4-8,13-16H2,1-3H3,(H,26,30)(H3,25,27,28,29). The minimum absolute atomic E-state index is 0.0334. The van der Waals surface area contributed by atoms with E-state index in [1.807, 2.05) is 31.2 Å². The number of ether oxygens (including phenoxy) is 1. The normalized spacial score (nSPS) is 10.6. The first kappa shape index (κ1) is 25.1. The molecule has 8 heteroatoms. The fraction of sp³-hybridized carbons (Fsp3) is 0.500. The van der Waals surface area contributed by atoms with Crippen molar-refractivity contribution in [3.8, 4) is 0 Å². The van der Waals surface area contributed by atoms with Crippen LogP contribution in [0.15, 0.2) is 24.3 Å². The molecule has 1 aromatic carbocycles. The first-order valence-corrected chi connectivity index (χ1v) is 11.2. The lowest BCUT2D eigenvalue weighted by Crippen LogP contribution is -2.26. The number of carbonyl (C=O) groups excluding carboxylic acids is 2. The minimum atomic E-state index is -0.281. The number of esters is 1. The molecule has 2 rings (SSSR count). The van der Waals surface area contributed by atoms with Crippen molar-refractivity contribution in [3.05, 3.63) is 46.6 Å². The summed E-state index contributed by atoms with van der Waals surface area (Å²) in [5, 5.41) is 6.35. The summed E-state index contributed by atoms with van der Waals surface area (Å²) in [5.41, 5.74) is 9.50. The Kier molecular flexibility index (Phi) is 10.4. The van der Waals surface area contributed by atoms with Gasteiger partial charge in [0.05, 0.1) is 20.0 Å². The van der Waals surface area contributed by atoms with Gasteiger partial charge in [0.1, 0.15) is 5.82 Å². The Hall–Kier alpha value is -3.16. The van der Waals surface area contributed by atoms with Crippen LogP contribution in [0.4, 0.5) is 11.8 Å². The number of nitrogens with zero attached hydrogens (tertiary/aromatic N) is 2. The Morgan fingerprint density at radius 1 is 1.00 bits per heavy atom. The molecule has 0 saturated carbocycles. The quantitative estimate of drug-likeness (QED) is 0.323. The van der Waals surface area contributed by atoms with Gasteiger partial charge in [-0.2, -0.15) is 4.98 Å². The summed E-state index contributed by atoms with van der Waals surface area (Å²) in [6.07, 6.45) is 5.48. The maximum Gasteiger partial charge on any atom is 0.309 e. The molecule has 0 saturated heterocycles. The van der Waals surface area contributed by atoms with Crippen LogP contribution in [0, 0.1) is 6.92 Å². The molecule has 0 aliphatic carbocycles. The molecular weight excluding hydrogens is 406 g/mol. The van der Waals surface area contributed by atoms with Gasteiger partial charge in [0, 0.05) is 24.3 Å². The fourth-order valence-electron chi connectivity index (χ4n) is 3.40. The topological polar surface area (TPSA) is 119 Å². The summed E-state index contributed by atoms with van der Waals surface area (Å²) in [5.74, 6) is 0.755. The zero-order chi connectivity index (χ0) is 23.3. The van der Waals surface area contributed by atoms with Crippen molar-refractivity contribution < 1.29 is 14.3 Å². The van der Waals surface area contributed by atoms with Gasteiger partial charge in [0.25, 0.3) is 0 Å². The highest BCUT2D eigenvalue weighted by Crippen LogP contribution is 2.19. The molecule has 0 spiro atoms. The Bertz CT molecular complexity index is 884. The Morgan fingerprint density at radius 2 is 1.69 bits per heavy atom. The van der Waals surface area contributed by atoms with E-state index in [0.717, 1.165) is 60.4 Å². The first-order valence-electron chi connectivity index (χ1n) is 11.2. The molecule has 1 heterocycles. The van der Waals surface area contributed by atoms with E-state index in [1.165, 1.54) is 13.5 Å². The molecule has 32 heavy (non-hydrogen) atoms. The summed E-state index contributed by atoms with van der Waals surface area (Å²) < 4.78 is 4.66. The molecule has 1 amide bonds. The highest BCUT2D eigenvalue weighted by atomic mass is 16.5. The van der Waals surface area contributed by atoms with E-state index in [-0.39, 0.29) is 24.2 Å². The highest BCUT2D eigenvalue weighted by molar-refractivity contribution is 5.78. The number of nitrogens with two attached hydrogens (primary N) is 1. The summed E-state index contributed by atoms with van der Waals surface area (Å²) in [6.45, 7) is 5.53. The molecule has 0 aliphatic heterocycles. The van der Waals surface area contributed by atoms with Crippen molar-refractivity contribution in [1.82, 2.24) is 15.3 Å². The largest absolute Gasteiger partial charge is 0.469 e. The number of methoxy groups -OCH3 is 1. The van der Waals surface area contributed by atoms with Crippen LogP contribution in [-0.2, 0) is 33.6 Å². The van der Waals surface area contributed by atoms with Gasteiger partial charge in [0.15, 0.2) is 0 Å². The number of nitrogens with one attached hydrogen (secondary N) is 2. The average Bonchev–Trinajstić information content (AvgIpc) is 2.76. The van der Waals surface area contributed by atoms with Gasteiger partial charge < -0.3 is 21.1 Å². The van der Waals surface area contributed by atoms with Gasteiger partial charge in [-0.25, -0.2) is 4.98 Å². The van der Waals surface area contributed by atoms with E-state index in [0.29, 0.717) is 13.0 Å². The maximum atomic E-state index is 12.3. The average molecular weight is 442 g/mol. The molecule has 8 nitrogen and oxygen atoms in total. The van der Waals surface area contributed by atoms with Crippen LogP contribution < -0.4 is 16.4 Å². The molecule has 0 atom stereocenters. The van der Waals surface area contributed by atoms with Crippen molar-refractivity contribution in [2.45, 2.75) is 58.8 Å². The molecule has 174 valence electrons. The van der Waals surface area contributed by atoms with Crippen molar-refractivity contribution >= 4 is 23.6 Å². The molecule has 0 aliphatic rings. The van der Waals surface area contributed by atoms with Crippen LogP contribution in [0.2, 0.25) is 0 Å². The Morgan fingerprint density at radius 3 is 2.34 bits per heavy atom. The van der Waals surface area contributed by atoms with Gasteiger partial charge in [-0.3, -0.25) is 9.59 Å². The number of rotatable bonds is 13. The predicted octanol–water partition coefficient (Wildman–Crippen LogP) is 2.98. The second kappa shape index (κ2) is 13.3. The van der Waals surface area contributed by atoms with Crippen molar-refractivity contribution in [3.63, 3.8) is 0 Å². The van der Waals surface area contributed by atoms with Crippen LogP contribution >= 0.6 is 0 Å². The van der Waals surface area contributed by atoms with Crippen molar-refractivity contribution in [2.24, 2.45) is 0 Å². The van der Waals surface area contributed by atoms with E-state index in [9.17, 15) is 9.59 Å². The van der Waals surface area contributed by atoms with Gasteiger partial charge in [-0.05, 0) is 37.3 Å². The number of hydrogen-bond donors (Lipinski definition) is 3. The zero-order valence-electron chi connectivity index (χ0n) is 19.4. The molecule has 0 radical (unpaired) electrons. The number of hydrogen-bond acceptors (Lipinski definition) is 7. The smallest absolute Gasteiger partial charge is 0.309 e. The van der Waals surface area contributed by atoms with Gasteiger partial charge in [0.2, 0.25) is 11.9 Å². The van der Waals surface area contributed by atoms with Crippen LogP contribution in [0.25, 0.3) is 0 Å². The van der Waals surface area contributed by atoms with E-state index in [1.54, 1.807) is 0 Å². The predicted molar refractivity (Wildman–Crippen MR) is 126 cm³/mol. The van der Waals surface area contributed by atoms with Gasteiger partial charge in [-0.15, -0.1) is 0 Å². The monoisotopic (exact) mass is 441 g/mol. The lowest BCUT2D eigenvalue weighted by Gasteiger charge is -2.14. The molecule has 2 aromatic rings. The first-order chi connectivity index (χ1) is 15.4. The molecule has 1 aromatic heterocycles. The number of amides is 1. The highest BCUT2D eigenvalue weighted by Gasteiger charge is 2.11. The maximum absolute atomic E-state index is 12.3. The second-order valence-corrected chi connectivity index (χ2v) is 7.83. The summed E-state index contributed by atoms with van der Waals surface area (Å²) >= 11 is 0. The molecular formula is C24H35N5O3. The van der Waals surface area contributed by atoms with Crippen molar-refractivity contribution in [1.29, 1.82) is 0 Å². The molecule has 0 bridgehead atoms. The van der Waals surface area contributed by atoms with E-state index >= 15 is 0 Å². The number of aryl methyl sites for hydroxylation is 1. The van der Waals surface area contributed by atoms with Gasteiger partial charge in [-0.1, -0.05) is 44.0 Å². The third kappa shape index (κ3) is 8.53. The number of benzene rings is 1. The lowest BCUT2D eigenvalue weighted by molar-refractivity contribution is -0.139. The van der Waals surface area contributed by atoms with Crippen molar-refractivity contribution in [2.75, 3.05) is 31.2 Å². The zero-order valence-corrected chi connectivity index (χ0v) is 19.4. The molecule has 0 unspecified atom stereocenters. The summed E-state index contributed by atoms with van der Waals surface area (Å²) in [6, 6.07) is 7.42. The van der Waals surface area contributed by atoms with Gasteiger partial charge >= 0.3 is 5.97 Å². The Labute approximate surface area is 190 Å². The number of nitrogen functional groups attached to an aromatic ring is 1.